The SMILES string of the molecule is C=C1CC[C@@H](O)CC1=CC=C1CCC[C@@]2(C)[C@H]1CC[C@@]2(O)C(=O)CO. The Morgan fingerprint density at radius 1 is 1.28 bits per heavy atom. The third-order valence-electron chi connectivity index (χ3n) is 6.91. The van der Waals surface area contributed by atoms with E-state index in [2.05, 4.69) is 18.7 Å². The average molecular weight is 346 g/mol. The van der Waals surface area contributed by atoms with Crippen molar-refractivity contribution >= 4 is 5.78 Å². The van der Waals surface area contributed by atoms with Gasteiger partial charge in [-0.2, -0.15) is 0 Å². The highest BCUT2D eigenvalue weighted by molar-refractivity contribution is 5.89. The topological polar surface area (TPSA) is 77.8 Å². The van der Waals surface area contributed by atoms with E-state index in [1.807, 2.05) is 6.92 Å². The maximum atomic E-state index is 12.2. The van der Waals surface area contributed by atoms with Crippen LogP contribution in [0, 0.1) is 11.3 Å². The van der Waals surface area contributed by atoms with E-state index in [4.69, 9.17) is 0 Å². The maximum absolute atomic E-state index is 12.2. The molecular formula is C21H30O4. The molecule has 0 aliphatic heterocycles. The van der Waals surface area contributed by atoms with Gasteiger partial charge in [0.05, 0.1) is 6.10 Å². The highest BCUT2D eigenvalue weighted by Crippen LogP contribution is 2.59. The molecule has 4 heteroatoms. The second-order valence-electron chi connectivity index (χ2n) is 8.24. The molecule has 0 aromatic rings. The molecule has 3 N–H and O–H groups in total. The molecule has 138 valence electrons. The predicted molar refractivity (Wildman–Crippen MR) is 96.9 cm³/mol. The standard InChI is InChI=1S/C21H30O4/c1-14-5-8-17(23)12-16(14)7-6-15-4-3-10-20(2)18(15)9-11-21(20,25)19(24)13-22/h6-7,17-18,22-23,25H,1,3-5,8-13H2,2H3/t17-,18+,20+,21-/m1/s1. The minimum absolute atomic E-state index is 0.167. The van der Waals surface area contributed by atoms with Crippen molar-refractivity contribution in [3.63, 3.8) is 0 Å². The molecule has 0 bridgehead atoms. The summed E-state index contributed by atoms with van der Waals surface area (Å²) in [5, 5.41) is 30.2. The summed E-state index contributed by atoms with van der Waals surface area (Å²) in [4.78, 5) is 12.2. The molecule has 4 nitrogen and oxygen atoms in total. The Bertz CT molecular complexity index is 632. The zero-order valence-electron chi connectivity index (χ0n) is 15.1. The van der Waals surface area contributed by atoms with Gasteiger partial charge in [0.1, 0.15) is 12.2 Å². The first-order valence-electron chi connectivity index (χ1n) is 9.44. The van der Waals surface area contributed by atoms with Gasteiger partial charge in [-0.25, -0.2) is 0 Å². The van der Waals surface area contributed by atoms with Crippen LogP contribution in [-0.2, 0) is 4.79 Å². The largest absolute Gasteiger partial charge is 0.393 e. The number of ketones is 1. The molecule has 3 fully saturated rings. The molecule has 0 unspecified atom stereocenters. The molecule has 3 aliphatic rings. The fourth-order valence-electron chi connectivity index (χ4n) is 5.24. The number of rotatable bonds is 3. The first-order chi connectivity index (χ1) is 11.8. The van der Waals surface area contributed by atoms with Crippen LogP contribution in [0.2, 0.25) is 0 Å². The fraction of sp³-hybridized carbons (Fsp3) is 0.667. The molecular weight excluding hydrogens is 316 g/mol. The van der Waals surface area contributed by atoms with Gasteiger partial charge in [0.25, 0.3) is 0 Å². The van der Waals surface area contributed by atoms with Crippen molar-refractivity contribution in [2.24, 2.45) is 11.3 Å². The summed E-state index contributed by atoms with van der Waals surface area (Å²) < 4.78 is 0. The Balaban J connectivity index is 1.87. The van der Waals surface area contributed by atoms with E-state index in [1.165, 1.54) is 5.57 Å². The van der Waals surface area contributed by atoms with Crippen LogP contribution in [0.5, 0.6) is 0 Å². The number of aliphatic hydroxyl groups excluding tert-OH is 2. The van der Waals surface area contributed by atoms with Crippen molar-refractivity contribution in [2.45, 2.75) is 70.0 Å². The molecule has 0 saturated heterocycles. The van der Waals surface area contributed by atoms with Crippen molar-refractivity contribution in [3.05, 3.63) is 35.5 Å². The highest BCUT2D eigenvalue weighted by Gasteiger charge is 2.61. The molecule has 25 heavy (non-hydrogen) atoms. The van der Waals surface area contributed by atoms with Crippen molar-refractivity contribution in [2.75, 3.05) is 6.61 Å². The third-order valence-corrected chi connectivity index (χ3v) is 6.91. The van der Waals surface area contributed by atoms with Gasteiger partial charge in [0.15, 0.2) is 5.78 Å². The van der Waals surface area contributed by atoms with Gasteiger partial charge in [-0.3, -0.25) is 4.79 Å². The van der Waals surface area contributed by atoms with Gasteiger partial charge in [0.2, 0.25) is 0 Å². The number of allylic oxidation sites excluding steroid dienone is 4. The summed E-state index contributed by atoms with van der Waals surface area (Å²) in [6.45, 7) is 5.51. The zero-order valence-corrected chi connectivity index (χ0v) is 15.1. The highest BCUT2D eigenvalue weighted by atomic mass is 16.3. The summed E-state index contributed by atoms with van der Waals surface area (Å²) in [6.07, 6.45) is 10.1. The van der Waals surface area contributed by atoms with E-state index in [-0.39, 0.29) is 12.0 Å². The van der Waals surface area contributed by atoms with E-state index in [9.17, 15) is 20.1 Å². The molecule has 0 aromatic heterocycles. The van der Waals surface area contributed by atoms with Crippen molar-refractivity contribution in [1.82, 2.24) is 0 Å². The van der Waals surface area contributed by atoms with Gasteiger partial charge in [-0.05, 0) is 62.9 Å². The lowest BCUT2D eigenvalue weighted by molar-refractivity contribution is -0.154. The average Bonchev–Trinajstić information content (AvgIpc) is 2.88. The fourth-order valence-corrected chi connectivity index (χ4v) is 5.24. The number of aliphatic hydroxyl groups is 3. The molecule has 3 rings (SSSR count). The second-order valence-corrected chi connectivity index (χ2v) is 8.24. The molecule has 3 saturated carbocycles. The van der Waals surface area contributed by atoms with E-state index in [1.54, 1.807) is 0 Å². The number of carbonyl (C=O) groups excluding carboxylic acids is 1. The summed E-state index contributed by atoms with van der Waals surface area (Å²) in [5.41, 5.74) is 1.57. The summed E-state index contributed by atoms with van der Waals surface area (Å²) in [6, 6.07) is 0. The first-order valence-corrected chi connectivity index (χ1v) is 9.44. The summed E-state index contributed by atoms with van der Waals surface area (Å²) >= 11 is 0. The van der Waals surface area contributed by atoms with Crippen LogP contribution < -0.4 is 0 Å². The number of Topliss-reactive ketones (excluding diaryl/α,β-unsaturated/α-hetero) is 1. The van der Waals surface area contributed by atoms with Crippen molar-refractivity contribution < 1.29 is 20.1 Å². The number of hydrogen-bond donors (Lipinski definition) is 3. The second kappa shape index (κ2) is 6.82. The maximum Gasteiger partial charge on any atom is 0.190 e. The minimum Gasteiger partial charge on any atom is -0.393 e. The normalized spacial score (nSPS) is 42.0. The van der Waals surface area contributed by atoms with Crippen LogP contribution in [0.3, 0.4) is 0 Å². The molecule has 0 spiro atoms. The smallest absolute Gasteiger partial charge is 0.190 e. The van der Waals surface area contributed by atoms with Crippen LogP contribution in [-0.4, -0.2) is 39.4 Å². The number of hydrogen-bond acceptors (Lipinski definition) is 4. The predicted octanol–water partition coefficient (Wildman–Crippen LogP) is 2.83. The number of fused-ring (bicyclic) bond motifs is 1. The third kappa shape index (κ3) is 3.05. The lowest BCUT2D eigenvalue weighted by Gasteiger charge is -2.45. The Morgan fingerprint density at radius 3 is 2.76 bits per heavy atom. The van der Waals surface area contributed by atoms with Gasteiger partial charge in [-0.15, -0.1) is 0 Å². The molecule has 0 radical (unpaired) electrons. The molecule has 0 amide bonds. The Hall–Kier alpha value is -1.23. The van der Waals surface area contributed by atoms with Crippen LogP contribution in [0.4, 0.5) is 0 Å². The van der Waals surface area contributed by atoms with Gasteiger partial charge < -0.3 is 15.3 Å². The molecule has 0 heterocycles. The lowest BCUT2D eigenvalue weighted by atomic mass is 9.60. The Kier molecular flexibility index (Phi) is 5.06. The zero-order chi connectivity index (χ0) is 18.2. The van der Waals surface area contributed by atoms with Crippen LogP contribution >= 0.6 is 0 Å². The van der Waals surface area contributed by atoms with Crippen molar-refractivity contribution in [3.8, 4) is 0 Å². The minimum atomic E-state index is -1.41. The Labute approximate surface area is 149 Å². The lowest BCUT2D eigenvalue weighted by Crippen LogP contribution is -2.53. The number of carbonyl (C=O) groups is 1. The van der Waals surface area contributed by atoms with Crippen LogP contribution in [0.1, 0.15) is 58.3 Å². The van der Waals surface area contributed by atoms with E-state index < -0.39 is 23.4 Å². The first kappa shape index (κ1) is 18.6. The summed E-state index contributed by atoms with van der Waals surface area (Å²) in [5.74, 6) is -0.277. The molecule has 3 aliphatic carbocycles. The van der Waals surface area contributed by atoms with E-state index in [0.29, 0.717) is 12.8 Å². The van der Waals surface area contributed by atoms with Crippen LogP contribution in [0.15, 0.2) is 35.5 Å². The summed E-state index contributed by atoms with van der Waals surface area (Å²) in [7, 11) is 0. The van der Waals surface area contributed by atoms with Gasteiger partial charge in [0, 0.05) is 5.41 Å². The molecule has 4 atom stereocenters. The van der Waals surface area contributed by atoms with Crippen molar-refractivity contribution in [1.29, 1.82) is 0 Å². The molecule has 0 aromatic carbocycles. The van der Waals surface area contributed by atoms with Gasteiger partial charge in [-0.1, -0.05) is 36.8 Å². The monoisotopic (exact) mass is 346 g/mol. The van der Waals surface area contributed by atoms with Crippen LogP contribution in [0.25, 0.3) is 0 Å². The quantitative estimate of drug-likeness (QED) is 0.734. The van der Waals surface area contributed by atoms with E-state index in [0.717, 1.165) is 49.7 Å². The van der Waals surface area contributed by atoms with Gasteiger partial charge >= 0.3 is 0 Å². The Morgan fingerprint density at radius 2 is 2.04 bits per heavy atom. The van der Waals surface area contributed by atoms with E-state index >= 15 is 0 Å².